The number of hydrogen-bond acceptors (Lipinski definition) is 4. The SMILES string of the molecule is NS(=O)(=O)c1ccc(N2CCCC(NC(=O)CCc3ccccc3)C2)cc1. The maximum atomic E-state index is 12.3. The molecule has 0 saturated carbocycles. The summed E-state index contributed by atoms with van der Waals surface area (Å²) in [5.41, 5.74) is 2.10. The van der Waals surface area contributed by atoms with E-state index < -0.39 is 10.0 Å². The maximum Gasteiger partial charge on any atom is 0.238 e. The first-order valence-electron chi connectivity index (χ1n) is 9.13. The van der Waals surface area contributed by atoms with Gasteiger partial charge in [0.05, 0.1) is 4.90 Å². The number of rotatable bonds is 6. The summed E-state index contributed by atoms with van der Waals surface area (Å²) in [4.78, 5) is 14.5. The smallest absolute Gasteiger partial charge is 0.238 e. The molecule has 1 fully saturated rings. The Hall–Kier alpha value is -2.38. The number of sulfonamides is 1. The van der Waals surface area contributed by atoms with Crippen molar-refractivity contribution in [3.8, 4) is 0 Å². The number of nitrogens with zero attached hydrogens (tertiary/aromatic N) is 1. The Morgan fingerprint density at radius 1 is 1.11 bits per heavy atom. The molecule has 1 saturated heterocycles. The van der Waals surface area contributed by atoms with Gasteiger partial charge in [0.2, 0.25) is 15.9 Å². The van der Waals surface area contributed by atoms with Gasteiger partial charge in [0, 0.05) is 31.2 Å². The van der Waals surface area contributed by atoms with Gasteiger partial charge in [-0.05, 0) is 49.1 Å². The Morgan fingerprint density at radius 3 is 2.48 bits per heavy atom. The van der Waals surface area contributed by atoms with Gasteiger partial charge in [0.15, 0.2) is 0 Å². The predicted octanol–water partition coefficient (Wildman–Crippen LogP) is 2.05. The average Bonchev–Trinajstić information content (AvgIpc) is 2.67. The van der Waals surface area contributed by atoms with Gasteiger partial charge in [-0.15, -0.1) is 0 Å². The molecule has 0 aliphatic carbocycles. The third-order valence-electron chi connectivity index (χ3n) is 4.80. The number of carbonyl (C=O) groups is 1. The molecule has 0 aromatic heterocycles. The summed E-state index contributed by atoms with van der Waals surface area (Å²) in [6.45, 7) is 1.59. The van der Waals surface area contributed by atoms with Crippen molar-refractivity contribution < 1.29 is 13.2 Å². The van der Waals surface area contributed by atoms with Crippen molar-refractivity contribution >= 4 is 21.6 Å². The summed E-state index contributed by atoms with van der Waals surface area (Å²) in [6, 6.07) is 16.6. The highest BCUT2D eigenvalue weighted by Gasteiger charge is 2.22. The van der Waals surface area contributed by atoms with Gasteiger partial charge in [-0.25, -0.2) is 13.6 Å². The largest absolute Gasteiger partial charge is 0.369 e. The highest BCUT2D eigenvalue weighted by molar-refractivity contribution is 7.89. The lowest BCUT2D eigenvalue weighted by molar-refractivity contribution is -0.121. The minimum absolute atomic E-state index is 0.0651. The van der Waals surface area contributed by atoms with Gasteiger partial charge in [-0.2, -0.15) is 0 Å². The number of primary sulfonamides is 1. The number of amides is 1. The molecule has 0 spiro atoms. The second kappa shape index (κ2) is 8.54. The van der Waals surface area contributed by atoms with Crippen LogP contribution in [-0.4, -0.2) is 33.5 Å². The zero-order valence-electron chi connectivity index (χ0n) is 15.2. The molecule has 1 aliphatic rings. The quantitative estimate of drug-likeness (QED) is 0.793. The molecule has 0 bridgehead atoms. The van der Waals surface area contributed by atoms with E-state index in [1.807, 2.05) is 30.3 Å². The summed E-state index contributed by atoms with van der Waals surface area (Å²) < 4.78 is 22.7. The molecule has 2 aromatic carbocycles. The van der Waals surface area contributed by atoms with Crippen LogP contribution in [0.3, 0.4) is 0 Å². The molecule has 0 radical (unpaired) electrons. The Kier molecular flexibility index (Phi) is 6.13. The van der Waals surface area contributed by atoms with Crippen molar-refractivity contribution in [2.75, 3.05) is 18.0 Å². The van der Waals surface area contributed by atoms with Gasteiger partial charge < -0.3 is 10.2 Å². The molecule has 3 N–H and O–H groups in total. The number of aryl methyl sites for hydroxylation is 1. The normalized spacial score (nSPS) is 17.5. The third kappa shape index (κ3) is 5.55. The fourth-order valence-corrected chi connectivity index (χ4v) is 3.89. The molecule has 1 amide bonds. The second-order valence-corrected chi connectivity index (χ2v) is 8.44. The van der Waals surface area contributed by atoms with Gasteiger partial charge in [-0.1, -0.05) is 30.3 Å². The van der Waals surface area contributed by atoms with E-state index in [1.54, 1.807) is 12.1 Å². The van der Waals surface area contributed by atoms with Crippen molar-refractivity contribution in [3.63, 3.8) is 0 Å². The molecule has 1 aliphatic heterocycles. The van der Waals surface area contributed by atoms with Crippen molar-refractivity contribution in [3.05, 3.63) is 60.2 Å². The molecular formula is C20H25N3O3S. The number of benzene rings is 2. The lowest BCUT2D eigenvalue weighted by atomic mass is 10.0. The van der Waals surface area contributed by atoms with Crippen LogP contribution in [0.25, 0.3) is 0 Å². The first-order chi connectivity index (χ1) is 12.9. The van der Waals surface area contributed by atoms with Crippen LogP contribution in [0.15, 0.2) is 59.5 Å². The summed E-state index contributed by atoms with van der Waals surface area (Å²) in [5, 5.41) is 8.27. The van der Waals surface area contributed by atoms with Gasteiger partial charge in [-0.3, -0.25) is 4.79 Å². The van der Waals surface area contributed by atoms with E-state index in [9.17, 15) is 13.2 Å². The van der Waals surface area contributed by atoms with E-state index >= 15 is 0 Å². The lowest BCUT2D eigenvalue weighted by Crippen LogP contribution is -2.47. The number of nitrogens with two attached hydrogens (primary N) is 1. The van der Waals surface area contributed by atoms with E-state index in [1.165, 1.54) is 12.1 Å². The second-order valence-electron chi connectivity index (χ2n) is 6.88. The summed E-state index contributed by atoms with van der Waals surface area (Å²) in [6.07, 6.45) is 3.13. The molecular weight excluding hydrogens is 362 g/mol. The zero-order chi connectivity index (χ0) is 19.3. The lowest BCUT2D eigenvalue weighted by Gasteiger charge is -2.35. The van der Waals surface area contributed by atoms with Crippen LogP contribution in [0.4, 0.5) is 5.69 Å². The van der Waals surface area contributed by atoms with E-state index in [0.717, 1.165) is 37.1 Å². The molecule has 2 aromatic rings. The molecule has 7 heteroatoms. The van der Waals surface area contributed by atoms with Crippen LogP contribution in [0.2, 0.25) is 0 Å². The molecule has 144 valence electrons. The van der Waals surface area contributed by atoms with Crippen molar-refractivity contribution in [1.82, 2.24) is 5.32 Å². The van der Waals surface area contributed by atoms with Gasteiger partial charge in [0.1, 0.15) is 0 Å². The molecule has 1 atom stereocenters. The Morgan fingerprint density at radius 2 is 1.81 bits per heavy atom. The molecule has 3 rings (SSSR count). The topological polar surface area (TPSA) is 92.5 Å². The van der Waals surface area contributed by atoms with Crippen LogP contribution < -0.4 is 15.4 Å². The summed E-state index contributed by atoms with van der Waals surface area (Å²) >= 11 is 0. The van der Waals surface area contributed by atoms with Crippen molar-refractivity contribution in [2.45, 2.75) is 36.6 Å². The first-order valence-corrected chi connectivity index (χ1v) is 10.7. The average molecular weight is 388 g/mol. The number of carbonyl (C=O) groups excluding carboxylic acids is 1. The van der Waals surface area contributed by atoms with Gasteiger partial charge in [0.25, 0.3) is 0 Å². The van der Waals surface area contributed by atoms with E-state index in [-0.39, 0.29) is 16.8 Å². The maximum absolute atomic E-state index is 12.3. The van der Waals surface area contributed by atoms with E-state index in [0.29, 0.717) is 13.0 Å². The van der Waals surface area contributed by atoms with Crippen LogP contribution in [0.1, 0.15) is 24.8 Å². The molecule has 1 heterocycles. The van der Waals surface area contributed by atoms with Crippen molar-refractivity contribution in [2.24, 2.45) is 5.14 Å². The number of piperidine rings is 1. The van der Waals surface area contributed by atoms with Gasteiger partial charge >= 0.3 is 0 Å². The third-order valence-corrected chi connectivity index (χ3v) is 5.73. The standard InChI is InChI=1S/C20H25N3O3S/c21-27(25,26)19-11-9-18(10-12-19)23-14-4-7-17(15-23)22-20(24)13-8-16-5-2-1-3-6-16/h1-3,5-6,9-12,17H,4,7-8,13-15H2,(H,22,24)(H2,21,25,26). The summed E-state index contributed by atoms with van der Waals surface area (Å²) in [7, 11) is -3.68. The highest BCUT2D eigenvalue weighted by atomic mass is 32.2. The number of nitrogens with one attached hydrogen (secondary N) is 1. The van der Waals surface area contributed by atoms with Crippen LogP contribution >= 0.6 is 0 Å². The Bertz CT molecular complexity index is 867. The monoisotopic (exact) mass is 387 g/mol. The Balaban J connectivity index is 1.53. The fourth-order valence-electron chi connectivity index (χ4n) is 3.38. The Labute approximate surface area is 160 Å². The first kappa shape index (κ1) is 19.4. The van der Waals surface area contributed by atoms with E-state index in [2.05, 4.69) is 10.2 Å². The molecule has 6 nitrogen and oxygen atoms in total. The number of anilines is 1. The number of hydrogen-bond donors (Lipinski definition) is 2. The molecule has 27 heavy (non-hydrogen) atoms. The zero-order valence-corrected chi connectivity index (χ0v) is 16.0. The fraction of sp³-hybridized carbons (Fsp3) is 0.350. The van der Waals surface area contributed by atoms with E-state index in [4.69, 9.17) is 5.14 Å². The minimum atomic E-state index is -3.68. The van der Waals surface area contributed by atoms with Crippen LogP contribution in [0, 0.1) is 0 Å². The van der Waals surface area contributed by atoms with Crippen molar-refractivity contribution in [1.29, 1.82) is 0 Å². The minimum Gasteiger partial charge on any atom is -0.369 e. The predicted molar refractivity (Wildman–Crippen MR) is 106 cm³/mol. The van der Waals surface area contributed by atoms with Crippen LogP contribution in [-0.2, 0) is 21.2 Å². The molecule has 1 unspecified atom stereocenters. The highest BCUT2D eigenvalue weighted by Crippen LogP contribution is 2.21. The summed E-state index contributed by atoms with van der Waals surface area (Å²) in [5.74, 6) is 0.0651. The van der Waals surface area contributed by atoms with Crippen LogP contribution in [0.5, 0.6) is 0 Å².